The highest BCUT2D eigenvalue weighted by Gasteiger charge is 2.28. The van der Waals surface area contributed by atoms with Gasteiger partial charge in [-0.25, -0.2) is 0 Å². The van der Waals surface area contributed by atoms with Crippen LogP contribution in [-0.4, -0.2) is 10.1 Å². The van der Waals surface area contributed by atoms with Crippen LogP contribution < -0.4 is 5.56 Å². The first kappa shape index (κ1) is 14.0. The van der Waals surface area contributed by atoms with E-state index in [1.54, 1.807) is 0 Å². The summed E-state index contributed by atoms with van der Waals surface area (Å²) in [6.45, 7) is 8.56. The van der Waals surface area contributed by atoms with Crippen molar-refractivity contribution in [3.8, 4) is 0 Å². The first-order chi connectivity index (χ1) is 7.91. The van der Waals surface area contributed by atoms with Crippen LogP contribution in [0.4, 0.5) is 0 Å². The second-order valence-electron chi connectivity index (χ2n) is 5.34. The fraction of sp³-hybridized carbons (Fsp3) is 0.643. The average Bonchev–Trinajstić information content (AvgIpc) is 2.28. The summed E-state index contributed by atoms with van der Waals surface area (Å²) in [5.41, 5.74) is 1.37. The van der Waals surface area contributed by atoms with E-state index in [-0.39, 0.29) is 17.6 Å². The molecule has 1 aromatic rings. The zero-order valence-electron chi connectivity index (χ0n) is 11.2. The zero-order chi connectivity index (χ0) is 13.1. The molecule has 0 saturated carbocycles. The molecule has 17 heavy (non-hydrogen) atoms. The zero-order valence-corrected chi connectivity index (χ0v) is 11.2. The molecular formula is C14H23NO2. The molecule has 0 amide bonds. The molecule has 0 aliphatic heterocycles. The minimum absolute atomic E-state index is 0.0830. The third-order valence-electron chi connectivity index (χ3n) is 3.73. The highest BCUT2D eigenvalue weighted by molar-refractivity contribution is 5.22. The molecule has 0 aromatic carbocycles. The summed E-state index contributed by atoms with van der Waals surface area (Å²) in [6.07, 6.45) is 2.26. The van der Waals surface area contributed by atoms with Gasteiger partial charge in [0.15, 0.2) is 0 Å². The van der Waals surface area contributed by atoms with Gasteiger partial charge in [-0.15, -0.1) is 0 Å². The van der Waals surface area contributed by atoms with Crippen molar-refractivity contribution in [2.75, 3.05) is 0 Å². The second-order valence-corrected chi connectivity index (χ2v) is 5.34. The van der Waals surface area contributed by atoms with Crippen molar-refractivity contribution in [3.63, 3.8) is 0 Å². The number of H-pyrrole nitrogens is 1. The van der Waals surface area contributed by atoms with Gasteiger partial charge in [0, 0.05) is 17.2 Å². The molecule has 1 heterocycles. The molecule has 0 aliphatic carbocycles. The second kappa shape index (κ2) is 5.50. The normalized spacial score (nSPS) is 13.7. The Morgan fingerprint density at radius 3 is 2.59 bits per heavy atom. The lowest BCUT2D eigenvalue weighted by Gasteiger charge is -2.32. The highest BCUT2D eigenvalue weighted by atomic mass is 16.3. The predicted molar refractivity (Wildman–Crippen MR) is 70.1 cm³/mol. The van der Waals surface area contributed by atoms with Crippen molar-refractivity contribution in [2.45, 2.75) is 52.6 Å². The van der Waals surface area contributed by atoms with E-state index in [9.17, 15) is 4.79 Å². The lowest BCUT2D eigenvalue weighted by atomic mass is 9.74. The Hall–Kier alpha value is -1.09. The average molecular weight is 237 g/mol. The Morgan fingerprint density at radius 1 is 1.41 bits per heavy atom. The van der Waals surface area contributed by atoms with E-state index in [0.29, 0.717) is 11.5 Å². The Bertz CT molecular complexity index is 420. The molecular weight excluding hydrogens is 214 g/mol. The third kappa shape index (κ3) is 3.19. The summed E-state index contributed by atoms with van der Waals surface area (Å²) < 4.78 is 0. The maximum absolute atomic E-state index is 11.5. The van der Waals surface area contributed by atoms with E-state index < -0.39 is 0 Å². The molecule has 1 atom stereocenters. The molecule has 0 spiro atoms. The Morgan fingerprint density at radius 2 is 2.06 bits per heavy atom. The number of aliphatic hydroxyl groups excluding tert-OH is 1. The van der Waals surface area contributed by atoms with Crippen LogP contribution >= 0.6 is 0 Å². The van der Waals surface area contributed by atoms with Crippen LogP contribution in [0.15, 0.2) is 16.9 Å². The summed E-state index contributed by atoms with van der Waals surface area (Å²) in [4.78, 5) is 14.4. The van der Waals surface area contributed by atoms with Crippen LogP contribution in [0.5, 0.6) is 0 Å². The highest BCUT2D eigenvalue weighted by Crippen LogP contribution is 2.32. The van der Waals surface area contributed by atoms with Gasteiger partial charge in [-0.3, -0.25) is 4.79 Å². The van der Waals surface area contributed by atoms with Crippen molar-refractivity contribution in [1.29, 1.82) is 0 Å². The number of aromatic amines is 1. The molecule has 0 saturated heterocycles. The summed E-state index contributed by atoms with van der Waals surface area (Å²) in [5, 5.41) is 9.14. The summed E-state index contributed by atoms with van der Waals surface area (Å²) >= 11 is 0. The minimum atomic E-state index is -0.136. The monoisotopic (exact) mass is 237 g/mol. The molecule has 3 heteroatoms. The fourth-order valence-corrected chi connectivity index (χ4v) is 2.10. The molecule has 0 radical (unpaired) electrons. The van der Waals surface area contributed by atoms with E-state index in [4.69, 9.17) is 5.11 Å². The topological polar surface area (TPSA) is 53.1 Å². The molecule has 1 rings (SSSR count). The van der Waals surface area contributed by atoms with E-state index in [1.165, 1.54) is 6.07 Å². The number of pyridine rings is 1. The fourth-order valence-electron chi connectivity index (χ4n) is 2.10. The van der Waals surface area contributed by atoms with Crippen LogP contribution in [0, 0.1) is 5.92 Å². The summed E-state index contributed by atoms with van der Waals surface area (Å²) in [7, 11) is 0. The van der Waals surface area contributed by atoms with E-state index >= 15 is 0 Å². The standard InChI is InChI=1S/C14H23NO2/c1-5-6-10(2)14(3,4)12-7-11(9-16)8-13(17)15-12/h7-8,10,16H,5-6,9H2,1-4H3,(H,15,17). The summed E-state index contributed by atoms with van der Waals surface area (Å²) in [5.74, 6) is 0.483. The Labute approximate surface area is 103 Å². The molecule has 1 unspecified atom stereocenters. The van der Waals surface area contributed by atoms with Gasteiger partial charge in [0.2, 0.25) is 5.56 Å². The molecule has 0 fully saturated rings. The van der Waals surface area contributed by atoms with Crippen LogP contribution in [0.1, 0.15) is 51.8 Å². The quantitative estimate of drug-likeness (QED) is 0.827. The van der Waals surface area contributed by atoms with Crippen LogP contribution in [-0.2, 0) is 12.0 Å². The minimum Gasteiger partial charge on any atom is -0.392 e. The predicted octanol–water partition coefficient (Wildman–Crippen LogP) is 2.58. The van der Waals surface area contributed by atoms with Gasteiger partial charge in [0.25, 0.3) is 0 Å². The van der Waals surface area contributed by atoms with Gasteiger partial charge in [-0.05, 0) is 17.5 Å². The number of aromatic nitrogens is 1. The lowest BCUT2D eigenvalue weighted by molar-refractivity contribution is 0.279. The number of rotatable bonds is 5. The summed E-state index contributed by atoms with van der Waals surface area (Å²) in [6, 6.07) is 3.34. The SMILES string of the molecule is CCCC(C)C(C)(C)c1cc(CO)cc(=O)[nH]1. The molecule has 1 aromatic heterocycles. The molecule has 0 bridgehead atoms. The maximum Gasteiger partial charge on any atom is 0.248 e. The van der Waals surface area contributed by atoms with Crippen molar-refractivity contribution < 1.29 is 5.11 Å². The van der Waals surface area contributed by atoms with Gasteiger partial charge in [0.1, 0.15) is 0 Å². The van der Waals surface area contributed by atoms with Gasteiger partial charge in [-0.2, -0.15) is 0 Å². The van der Waals surface area contributed by atoms with E-state index in [0.717, 1.165) is 18.5 Å². The van der Waals surface area contributed by atoms with Crippen LogP contribution in [0.3, 0.4) is 0 Å². The number of hydrogen-bond acceptors (Lipinski definition) is 2. The number of hydrogen-bond donors (Lipinski definition) is 2. The van der Waals surface area contributed by atoms with Crippen molar-refractivity contribution in [3.05, 3.63) is 33.7 Å². The van der Waals surface area contributed by atoms with Gasteiger partial charge in [0.05, 0.1) is 6.61 Å². The van der Waals surface area contributed by atoms with Crippen molar-refractivity contribution >= 4 is 0 Å². The maximum atomic E-state index is 11.5. The van der Waals surface area contributed by atoms with Crippen molar-refractivity contribution in [2.24, 2.45) is 5.92 Å². The molecule has 96 valence electrons. The first-order valence-corrected chi connectivity index (χ1v) is 6.26. The number of nitrogens with one attached hydrogen (secondary N) is 1. The van der Waals surface area contributed by atoms with E-state index in [1.807, 2.05) is 6.07 Å². The van der Waals surface area contributed by atoms with Crippen molar-refractivity contribution in [1.82, 2.24) is 4.98 Å². The first-order valence-electron chi connectivity index (χ1n) is 6.26. The molecule has 0 aliphatic rings. The largest absolute Gasteiger partial charge is 0.392 e. The molecule has 2 N–H and O–H groups in total. The molecule has 3 nitrogen and oxygen atoms in total. The van der Waals surface area contributed by atoms with Crippen LogP contribution in [0.2, 0.25) is 0 Å². The lowest BCUT2D eigenvalue weighted by Crippen LogP contribution is -2.30. The van der Waals surface area contributed by atoms with E-state index in [2.05, 4.69) is 32.7 Å². The Balaban J connectivity index is 3.13. The van der Waals surface area contributed by atoms with Crippen LogP contribution in [0.25, 0.3) is 0 Å². The van der Waals surface area contributed by atoms with Gasteiger partial charge in [-0.1, -0.05) is 40.5 Å². The smallest absolute Gasteiger partial charge is 0.248 e. The number of aliphatic hydroxyl groups is 1. The van der Waals surface area contributed by atoms with Gasteiger partial charge < -0.3 is 10.1 Å². The Kier molecular flexibility index (Phi) is 4.52. The van der Waals surface area contributed by atoms with Gasteiger partial charge >= 0.3 is 0 Å². The third-order valence-corrected chi connectivity index (χ3v) is 3.73.